The smallest absolute Gasteiger partial charge is 0.126 e. The summed E-state index contributed by atoms with van der Waals surface area (Å²) in [5.41, 5.74) is 4.76. The van der Waals surface area contributed by atoms with E-state index in [0.29, 0.717) is 13.2 Å². The minimum atomic E-state index is 0.598. The minimum absolute atomic E-state index is 0.598. The van der Waals surface area contributed by atoms with E-state index in [-0.39, 0.29) is 0 Å². The van der Waals surface area contributed by atoms with E-state index in [4.69, 9.17) is 18.9 Å². The van der Waals surface area contributed by atoms with Crippen molar-refractivity contribution in [3.05, 3.63) is 105 Å². The zero-order chi connectivity index (χ0) is 23.0. The minimum Gasteiger partial charge on any atom is -0.493 e. The maximum Gasteiger partial charge on any atom is 0.126 e. The third kappa shape index (κ3) is 5.90. The Morgan fingerprint density at radius 3 is 1.35 bits per heavy atom. The molecular weight excluding hydrogens is 464 g/mol. The maximum absolute atomic E-state index is 5.94. The third-order valence-electron chi connectivity index (χ3n) is 5.38. The highest BCUT2D eigenvalue weighted by molar-refractivity contribution is 7.08. The molecule has 0 radical (unpaired) electrons. The molecule has 0 fully saturated rings. The number of hydrogen-bond donors (Lipinski definition) is 0. The molecule has 4 nitrogen and oxygen atoms in total. The average molecular weight is 489 g/mol. The van der Waals surface area contributed by atoms with Crippen LogP contribution in [0.25, 0.3) is 12.2 Å². The van der Waals surface area contributed by atoms with Crippen LogP contribution in [0.5, 0.6) is 23.0 Å². The molecule has 6 heterocycles. The normalized spacial score (nSPS) is 16.0. The van der Waals surface area contributed by atoms with Crippen LogP contribution >= 0.6 is 22.7 Å². The van der Waals surface area contributed by atoms with Crippen molar-refractivity contribution in [1.82, 2.24) is 0 Å². The third-order valence-corrected chi connectivity index (χ3v) is 7.00. The second kappa shape index (κ2) is 11.1. The van der Waals surface area contributed by atoms with E-state index in [0.717, 1.165) is 47.0 Å². The van der Waals surface area contributed by atoms with Gasteiger partial charge < -0.3 is 18.9 Å². The van der Waals surface area contributed by atoms with Crippen LogP contribution in [-0.2, 0) is 12.8 Å². The molecule has 4 bridgehead atoms. The van der Waals surface area contributed by atoms with Crippen molar-refractivity contribution in [1.29, 1.82) is 0 Å². The molecule has 0 saturated heterocycles. The van der Waals surface area contributed by atoms with Gasteiger partial charge in [-0.2, -0.15) is 22.7 Å². The molecule has 0 unspecified atom stereocenters. The van der Waals surface area contributed by atoms with Crippen molar-refractivity contribution in [2.24, 2.45) is 0 Å². The molecule has 4 aliphatic heterocycles. The Balaban J connectivity index is 1.33. The number of thiophene rings is 2. The van der Waals surface area contributed by atoms with Gasteiger partial charge in [0.2, 0.25) is 0 Å². The first-order valence-corrected chi connectivity index (χ1v) is 12.9. The Morgan fingerprint density at radius 2 is 0.912 bits per heavy atom. The SMILES string of the molecule is C1=C\c2cscc2CCOc2ccc(cc2)O/C=C\c2cscc2CCOc2ccc(cc2)O/1. The molecule has 0 N–H and O–H groups in total. The fourth-order valence-electron chi connectivity index (χ4n) is 3.52. The summed E-state index contributed by atoms with van der Waals surface area (Å²) in [7, 11) is 0. The quantitative estimate of drug-likeness (QED) is 0.257. The summed E-state index contributed by atoms with van der Waals surface area (Å²) in [6.07, 6.45) is 9.08. The van der Waals surface area contributed by atoms with E-state index in [2.05, 4.69) is 21.5 Å². The largest absolute Gasteiger partial charge is 0.493 e. The monoisotopic (exact) mass is 488 g/mol. The van der Waals surface area contributed by atoms with Crippen LogP contribution < -0.4 is 18.9 Å². The summed E-state index contributed by atoms with van der Waals surface area (Å²) in [6.45, 7) is 1.20. The Hall–Kier alpha value is -3.48. The van der Waals surface area contributed by atoms with Crippen LogP contribution in [0.2, 0.25) is 0 Å². The van der Waals surface area contributed by atoms with E-state index >= 15 is 0 Å². The van der Waals surface area contributed by atoms with Gasteiger partial charge in [0.05, 0.1) is 25.7 Å². The summed E-state index contributed by atoms with van der Waals surface area (Å²) in [6, 6.07) is 15.4. The lowest BCUT2D eigenvalue weighted by molar-refractivity contribution is 0.321. The molecule has 0 spiro atoms. The van der Waals surface area contributed by atoms with Crippen LogP contribution in [-0.4, -0.2) is 13.2 Å². The summed E-state index contributed by atoms with van der Waals surface area (Å²) in [5.74, 6) is 3.19. The highest BCUT2D eigenvalue weighted by atomic mass is 32.1. The fraction of sp³-hybridized carbons (Fsp3) is 0.143. The van der Waals surface area contributed by atoms with Crippen LogP contribution in [0.4, 0.5) is 0 Å². The van der Waals surface area contributed by atoms with Gasteiger partial charge in [-0.3, -0.25) is 0 Å². The van der Waals surface area contributed by atoms with Gasteiger partial charge in [-0.1, -0.05) is 0 Å². The van der Waals surface area contributed by atoms with Crippen molar-refractivity contribution in [3.8, 4) is 23.0 Å². The van der Waals surface area contributed by atoms with Crippen molar-refractivity contribution in [2.45, 2.75) is 12.8 Å². The van der Waals surface area contributed by atoms with Crippen LogP contribution in [0.3, 0.4) is 0 Å². The van der Waals surface area contributed by atoms with Crippen molar-refractivity contribution in [2.75, 3.05) is 13.2 Å². The lowest BCUT2D eigenvalue weighted by Gasteiger charge is -2.08. The van der Waals surface area contributed by atoms with Crippen LogP contribution in [0.15, 0.2) is 82.6 Å². The molecule has 6 heteroatoms. The Morgan fingerprint density at radius 1 is 0.500 bits per heavy atom. The molecule has 4 aromatic rings. The van der Waals surface area contributed by atoms with E-state index < -0.39 is 0 Å². The van der Waals surface area contributed by atoms with Crippen molar-refractivity contribution < 1.29 is 18.9 Å². The van der Waals surface area contributed by atoms with Gasteiger partial charge in [0.15, 0.2) is 0 Å². The van der Waals surface area contributed by atoms with Crippen molar-refractivity contribution >= 4 is 34.8 Å². The number of rotatable bonds is 0. The maximum atomic E-state index is 5.94. The lowest BCUT2D eigenvalue weighted by Crippen LogP contribution is -2.02. The average Bonchev–Trinajstić information content (AvgIpc) is 3.50. The highest BCUT2D eigenvalue weighted by Crippen LogP contribution is 2.23. The van der Waals surface area contributed by atoms with E-state index in [9.17, 15) is 0 Å². The Labute approximate surface area is 207 Å². The first-order valence-electron chi connectivity index (χ1n) is 11.1. The molecule has 2 aromatic heterocycles. The zero-order valence-corrected chi connectivity index (χ0v) is 20.1. The van der Waals surface area contributed by atoms with E-state index in [1.165, 1.54) is 11.1 Å². The topological polar surface area (TPSA) is 36.9 Å². The fourth-order valence-corrected chi connectivity index (χ4v) is 5.25. The first kappa shape index (κ1) is 22.3. The number of ether oxygens (including phenoxy) is 4. The predicted octanol–water partition coefficient (Wildman–Crippen LogP) is 7.47. The second-order valence-corrected chi connectivity index (χ2v) is 9.17. The molecule has 4 aliphatic rings. The van der Waals surface area contributed by atoms with Gasteiger partial charge in [0.1, 0.15) is 23.0 Å². The number of hydrogen-bond acceptors (Lipinski definition) is 6. The summed E-state index contributed by atoms with van der Waals surface area (Å²) in [4.78, 5) is 0. The first-order chi connectivity index (χ1) is 16.8. The van der Waals surface area contributed by atoms with Crippen LogP contribution in [0.1, 0.15) is 22.3 Å². The summed E-state index contributed by atoms with van der Waals surface area (Å²) in [5, 5.41) is 8.55. The molecule has 0 amide bonds. The van der Waals surface area contributed by atoms with Gasteiger partial charge in [0.25, 0.3) is 0 Å². The highest BCUT2D eigenvalue weighted by Gasteiger charge is 2.05. The van der Waals surface area contributed by atoms with Gasteiger partial charge in [-0.15, -0.1) is 0 Å². The molecule has 0 aliphatic carbocycles. The van der Waals surface area contributed by atoms with Gasteiger partial charge in [0, 0.05) is 12.8 Å². The number of benzene rings is 2. The summed E-state index contributed by atoms with van der Waals surface area (Å²) < 4.78 is 23.5. The van der Waals surface area contributed by atoms with Crippen LogP contribution in [0, 0.1) is 0 Å². The molecule has 172 valence electrons. The van der Waals surface area contributed by atoms with E-state index in [1.54, 1.807) is 35.2 Å². The van der Waals surface area contributed by atoms with Crippen molar-refractivity contribution in [3.63, 3.8) is 0 Å². The van der Waals surface area contributed by atoms with Gasteiger partial charge in [-0.25, -0.2) is 0 Å². The Bertz CT molecular complexity index is 1150. The zero-order valence-electron chi connectivity index (χ0n) is 18.5. The van der Waals surface area contributed by atoms with Gasteiger partial charge >= 0.3 is 0 Å². The summed E-state index contributed by atoms with van der Waals surface area (Å²) >= 11 is 3.36. The molecule has 0 atom stereocenters. The standard InChI is InChI=1S/C28H24O4S2/c1-2-26-4-3-25(1)29-13-9-21-17-33-19-23(21)11-15-31-27-5-7-28(8-6-27)32-16-12-24-20-34-18-22(24)10-14-30-26/h1-9,12-13,16-20H,10-11,14-15H2/b13-9-,16-12-. The second-order valence-electron chi connectivity index (χ2n) is 7.69. The molecule has 2 aromatic carbocycles. The van der Waals surface area contributed by atoms with Gasteiger partial charge in [-0.05, 0) is 104 Å². The Kier molecular flexibility index (Phi) is 7.28. The molecule has 8 rings (SSSR count). The molecule has 0 saturated carbocycles. The molecule has 34 heavy (non-hydrogen) atoms. The van der Waals surface area contributed by atoms with E-state index in [1.807, 2.05) is 60.7 Å². The molecular formula is C28H24O4S2. The predicted molar refractivity (Wildman–Crippen MR) is 139 cm³/mol. The lowest BCUT2D eigenvalue weighted by atomic mass is 10.1.